The van der Waals surface area contributed by atoms with E-state index in [1.54, 1.807) is 62.4 Å². The first kappa shape index (κ1) is 44.5. The molecule has 20 nitrogen and oxygen atoms in total. The molecular formula is C40H46F2N14O6. The van der Waals surface area contributed by atoms with E-state index < -0.39 is 60.0 Å². The van der Waals surface area contributed by atoms with E-state index in [9.17, 15) is 14.4 Å². The van der Waals surface area contributed by atoms with Crippen molar-refractivity contribution in [2.45, 2.75) is 70.7 Å². The van der Waals surface area contributed by atoms with Crippen LogP contribution in [-0.4, -0.2) is 99.0 Å². The van der Waals surface area contributed by atoms with Crippen molar-refractivity contribution in [1.82, 2.24) is 35.1 Å². The molecule has 2 saturated heterocycles. The Morgan fingerprint density at radius 1 is 0.823 bits per heavy atom. The molecule has 2 aromatic heterocycles. The van der Waals surface area contributed by atoms with Crippen LogP contribution >= 0.6 is 0 Å². The summed E-state index contributed by atoms with van der Waals surface area (Å²) in [6.07, 6.45) is 0.219. The fourth-order valence-corrected chi connectivity index (χ4v) is 7.83. The monoisotopic (exact) mass is 856 g/mol. The fourth-order valence-electron chi connectivity index (χ4n) is 7.83. The Bertz CT molecular complexity index is 2360. The SMILES string of the molecule is COC(=O)N[C@H](C(=O)N1C[C@@H](N=[N+]=[N-])C[C@H]1c1nc(F)c(-c2ccc(-c3ccc(-c4[nH]c([C@@H]5C[C@H](N=[N+]=[N-])CN5C(=O)[C@@H](COOC=N)C(C)C)nc4F)cc3)cc2)[nH]1)C(C)C. The average Bonchev–Trinajstić information content (AvgIpc) is 4.06. The largest absolute Gasteiger partial charge is 0.453 e. The van der Waals surface area contributed by atoms with Crippen LogP contribution in [0.1, 0.15) is 64.3 Å². The number of imidazole rings is 2. The minimum atomic E-state index is -0.962. The summed E-state index contributed by atoms with van der Waals surface area (Å²) in [7, 11) is 1.19. The molecular weight excluding hydrogens is 811 g/mol. The molecule has 22 heteroatoms. The van der Waals surface area contributed by atoms with Gasteiger partial charge in [0.1, 0.15) is 35.7 Å². The van der Waals surface area contributed by atoms with Gasteiger partial charge in [-0.05, 0) is 46.9 Å². The summed E-state index contributed by atoms with van der Waals surface area (Å²) in [5, 5.41) is 17.2. The van der Waals surface area contributed by atoms with Crippen molar-refractivity contribution in [1.29, 1.82) is 5.41 Å². The van der Waals surface area contributed by atoms with Gasteiger partial charge < -0.3 is 34.7 Å². The van der Waals surface area contributed by atoms with Crippen molar-refractivity contribution < 1.29 is 37.7 Å². The third kappa shape index (κ3) is 9.62. The second kappa shape index (κ2) is 19.6. The van der Waals surface area contributed by atoms with Crippen LogP contribution in [0.4, 0.5) is 13.6 Å². The molecule has 2 aromatic carbocycles. The molecule has 2 aliphatic heterocycles. The summed E-state index contributed by atoms with van der Waals surface area (Å²) in [5.74, 6) is -3.19. The zero-order valence-corrected chi connectivity index (χ0v) is 34.5. The summed E-state index contributed by atoms with van der Waals surface area (Å²) in [4.78, 5) is 72.2. The minimum Gasteiger partial charge on any atom is -0.453 e. The standard InChI is InChI=1S/C40H46F2N14O6/c1-20(2)28(18-61-62-19-43)38(57)55-16-26(51-53-44)14-29(55)36-46-32(34(41)49-36)24-10-6-22(7-11-24)23-8-12-25(13-9-23)33-35(42)50-37(47-33)30-15-27(52-54-45)17-56(30)39(58)31(21(3)4)48-40(59)60-5/h6-13,19-21,26-31,43H,14-18H2,1-5H3,(H,46,49)(H,47,50)(H,48,59)/t26-,27-,28-,29-,30-,31-/m0/s1. The molecule has 0 radical (unpaired) electrons. The predicted molar refractivity (Wildman–Crippen MR) is 219 cm³/mol. The number of ether oxygens (including phenoxy) is 1. The molecule has 0 saturated carbocycles. The second-order valence-electron chi connectivity index (χ2n) is 15.6. The second-order valence-corrected chi connectivity index (χ2v) is 15.6. The summed E-state index contributed by atoms with van der Waals surface area (Å²) in [5.41, 5.74) is 20.9. The maximum Gasteiger partial charge on any atom is 0.407 e. The lowest BCUT2D eigenvalue weighted by Crippen LogP contribution is -2.51. The van der Waals surface area contributed by atoms with Gasteiger partial charge in [0.15, 0.2) is 0 Å². The van der Waals surface area contributed by atoms with Gasteiger partial charge >= 0.3 is 6.09 Å². The van der Waals surface area contributed by atoms with E-state index in [1.165, 1.54) is 16.9 Å². The third-order valence-corrected chi connectivity index (χ3v) is 11.1. The van der Waals surface area contributed by atoms with Gasteiger partial charge in [0.25, 0.3) is 0 Å². The number of nitrogens with zero attached hydrogens (tertiary/aromatic N) is 10. The first-order valence-corrected chi connectivity index (χ1v) is 19.8. The quantitative estimate of drug-likeness (QED) is 0.0127. The van der Waals surface area contributed by atoms with Gasteiger partial charge in [-0.25, -0.2) is 14.8 Å². The number of hydrogen-bond acceptors (Lipinski definition) is 11. The molecule has 2 fully saturated rings. The average molecular weight is 857 g/mol. The number of carbonyl (C=O) groups is 3. The number of aromatic amines is 2. The Hall–Kier alpha value is -7.02. The number of aromatic nitrogens is 4. The van der Waals surface area contributed by atoms with Gasteiger partial charge in [0, 0.05) is 34.0 Å². The number of hydrogen-bond donors (Lipinski definition) is 4. The maximum absolute atomic E-state index is 15.5. The number of amides is 3. The molecule has 326 valence electrons. The van der Waals surface area contributed by atoms with Crippen molar-refractivity contribution in [2.24, 2.45) is 28.0 Å². The molecule has 6 rings (SSSR count). The van der Waals surface area contributed by atoms with Gasteiger partial charge in [-0.15, -0.1) is 0 Å². The summed E-state index contributed by atoms with van der Waals surface area (Å²) >= 11 is 0. The smallest absolute Gasteiger partial charge is 0.407 e. The molecule has 4 N–H and O–H groups in total. The van der Waals surface area contributed by atoms with Crippen molar-refractivity contribution in [2.75, 3.05) is 26.8 Å². The number of methoxy groups -OCH3 is 1. The van der Waals surface area contributed by atoms with Crippen molar-refractivity contribution >= 4 is 24.3 Å². The lowest BCUT2D eigenvalue weighted by atomic mass is 9.95. The molecule has 2 aliphatic rings. The molecule has 0 aliphatic carbocycles. The van der Waals surface area contributed by atoms with Crippen LogP contribution in [0.2, 0.25) is 0 Å². The number of nitrogens with one attached hydrogen (secondary N) is 4. The van der Waals surface area contributed by atoms with Crippen LogP contribution in [0.5, 0.6) is 0 Å². The van der Waals surface area contributed by atoms with E-state index in [0.717, 1.165) is 11.1 Å². The van der Waals surface area contributed by atoms with Gasteiger partial charge in [0.05, 0.1) is 37.2 Å². The Morgan fingerprint density at radius 3 is 1.68 bits per heavy atom. The summed E-state index contributed by atoms with van der Waals surface area (Å²) in [6.45, 7) is 7.20. The zero-order chi connectivity index (χ0) is 44.7. The van der Waals surface area contributed by atoms with E-state index in [-0.39, 0.29) is 73.3 Å². The Balaban J connectivity index is 1.19. The molecule has 4 aromatic rings. The number of rotatable bonds is 16. The van der Waals surface area contributed by atoms with Crippen LogP contribution in [0, 0.1) is 35.1 Å². The Morgan fingerprint density at radius 2 is 1.27 bits per heavy atom. The fraction of sp³-hybridized carbons (Fsp3) is 0.450. The number of H-pyrrole nitrogens is 2. The topological polar surface area (TPSA) is 276 Å². The van der Waals surface area contributed by atoms with E-state index in [0.29, 0.717) is 17.5 Å². The Kier molecular flexibility index (Phi) is 14.1. The summed E-state index contributed by atoms with van der Waals surface area (Å²) in [6, 6.07) is 10.3. The number of likely N-dealkylation sites (tertiary alicyclic amines) is 2. The lowest BCUT2D eigenvalue weighted by Gasteiger charge is -2.30. The van der Waals surface area contributed by atoms with Crippen LogP contribution < -0.4 is 5.32 Å². The van der Waals surface area contributed by atoms with Gasteiger partial charge in [-0.3, -0.25) is 15.0 Å². The number of azide groups is 2. The third-order valence-electron chi connectivity index (χ3n) is 11.1. The molecule has 0 spiro atoms. The van der Waals surface area contributed by atoms with Crippen molar-refractivity contribution in [3.05, 3.63) is 93.0 Å². The van der Waals surface area contributed by atoms with E-state index in [4.69, 9.17) is 26.1 Å². The molecule has 0 unspecified atom stereocenters. The van der Waals surface area contributed by atoms with Crippen molar-refractivity contribution in [3.63, 3.8) is 0 Å². The molecule has 62 heavy (non-hydrogen) atoms. The zero-order valence-electron chi connectivity index (χ0n) is 34.5. The van der Waals surface area contributed by atoms with Crippen LogP contribution in [0.15, 0.2) is 58.8 Å². The highest BCUT2D eigenvalue weighted by molar-refractivity contribution is 5.86. The highest BCUT2D eigenvalue weighted by atomic mass is 19.1. The molecule has 3 amide bonds. The molecule has 0 bridgehead atoms. The van der Waals surface area contributed by atoms with Crippen LogP contribution in [0.3, 0.4) is 0 Å². The van der Waals surface area contributed by atoms with Gasteiger partial charge in [-0.2, -0.15) is 13.7 Å². The first-order valence-electron chi connectivity index (χ1n) is 19.8. The molecule has 6 atom stereocenters. The predicted octanol–water partition coefficient (Wildman–Crippen LogP) is 7.52. The number of carbonyl (C=O) groups excluding carboxylic acids is 3. The first-order chi connectivity index (χ1) is 29.8. The van der Waals surface area contributed by atoms with Crippen LogP contribution in [-0.2, 0) is 24.1 Å². The molecule has 4 heterocycles. The minimum absolute atomic E-state index is 0.0395. The number of alkyl carbamates (subject to hydrolysis) is 1. The van der Waals surface area contributed by atoms with E-state index in [2.05, 4.69) is 50.2 Å². The van der Waals surface area contributed by atoms with E-state index >= 15 is 8.78 Å². The van der Waals surface area contributed by atoms with E-state index in [1.807, 2.05) is 13.8 Å². The van der Waals surface area contributed by atoms with Gasteiger partial charge in [-0.1, -0.05) is 86.5 Å². The van der Waals surface area contributed by atoms with Crippen molar-refractivity contribution in [3.8, 4) is 33.6 Å². The maximum atomic E-state index is 15.5. The van der Waals surface area contributed by atoms with Crippen LogP contribution in [0.25, 0.3) is 54.5 Å². The normalized spacial score (nSPS) is 19.4. The number of benzene rings is 2. The Labute approximate surface area is 354 Å². The van der Waals surface area contributed by atoms with Gasteiger partial charge in [0.2, 0.25) is 30.1 Å². The lowest BCUT2D eigenvalue weighted by molar-refractivity contribution is -0.229. The highest BCUT2D eigenvalue weighted by Crippen LogP contribution is 2.38. The summed E-state index contributed by atoms with van der Waals surface area (Å²) < 4.78 is 35.8. The number of halogens is 2. The highest BCUT2D eigenvalue weighted by Gasteiger charge is 2.43.